The van der Waals surface area contributed by atoms with Crippen LogP contribution >= 0.6 is 15.9 Å². The summed E-state index contributed by atoms with van der Waals surface area (Å²) >= 11 is 3.39. The number of ether oxygens (including phenoxy) is 1. The van der Waals surface area contributed by atoms with Crippen molar-refractivity contribution < 1.29 is 14.6 Å². The second-order valence-corrected chi connectivity index (χ2v) is 7.64. The number of rotatable bonds is 7. The number of halogens is 1. The van der Waals surface area contributed by atoms with Crippen LogP contribution in [0.3, 0.4) is 0 Å². The Labute approximate surface area is 188 Å². The van der Waals surface area contributed by atoms with Crippen LogP contribution in [0.15, 0.2) is 80.5 Å². The van der Waals surface area contributed by atoms with Crippen molar-refractivity contribution in [3.63, 3.8) is 0 Å². The van der Waals surface area contributed by atoms with Crippen LogP contribution in [0.5, 0.6) is 11.5 Å². The van der Waals surface area contributed by atoms with Crippen LogP contribution in [0.25, 0.3) is 0 Å². The van der Waals surface area contributed by atoms with Crippen molar-refractivity contribution in [1.29, 1.82) is 0 Å². The normalized spacial score (nSPS) is 11.2. The van der Waals surface area contributed by atoms with Crippen molar-refractivity contribution in [2.45, 2.75) is 13.8 Å². The molecule has 0 heterocycles. The molecule has 0 aliphatic rings. The number of phenolic OH excluding ortho intramolecular Hbond substituents is 1. The van der Waals surface area contributed by atoms with Crippen LogP contribution in [0.2, 0.25) is 0 Å². The minimum absolute atomic E-state index is 0.00573. The number of nitrogens with one attached hydrogen (secondary N) is 1. The number of hydrogen-bond acceptors (Lipinski definition) is 6. The lowest BCUT2D eigenvalue weighted by Gasteiger charge is -2.10. The van der Waals surface area contributed by atoms with E-state index >= 15 is 0 Å². The number of benzene rings is 3. The van der Waals surface area contributed by atoms with Crippen LogP contribution < -0.4 is 10.2 Å². The molecule has 3 rings (SSSR count). The molecule has 0 fully saturated rings. The quantitative estimate of drug-likeness (QED) is 0.257. The van der Waals surface area contributed by atoms with Crippen molar-refractivity contribution in [1.82, 2.24) is 5.43 Å². The topological polar surface area (TPSA) is 95.6 Å². The van der Waals surface area contributed by atoms with Gasteiger partial charge in [0.25, 0.3) is 5.91 Å². The van der Waals surface area contributed by atoms with Crippen molar-refractivity contribution in [2.24, 2.45) is 15.3 Å². The molecule has 31 heavy (non-hydrogen) atoms. The predicted octanol–water partition coefficient (Wildman–Crippen LogP) is 5.72. The summed E-state index contributed by atoms with van der Waals surface area (Å²) in [5.74, 6) is 0.276. The second-order valence-electron chi connectivity index (χ2n) is 6.73. The first kappa shape index (κ1) is 22.2. The van der Waals surface area contributed by atoms with Crippen LogP contribution in [0.1, 0.15) is 16.7 Å². The van der Waals surface area contributed by atoms with Gasteiger partial charge in [-0.25, -0.2) is 5.43 Å². The van der Waals surface area contributed by atoms with Gasteiger partial charge in [-0.3, -0.25) is 4.79 Å². The fraction of sp³-hybridized carbons (Fsp3) is 0.130. The summed E-state index contributed by atoms with van der Waals surface area (Å²) in [6.45, 7) is 3.67. The maximum absolute atomic E-state index is 12.0. The van der Waals surface area contributed by atoms with E-state index in [1.165, 1.54) is 12.3 Å². The smallest absolute Gasteiger partial charge is 0.277 e. The minimum atomic E-state index is -0.413. The van der Waals surface area contributed by atoms with Crippen LogP contribution in [0, 0.1) is 13.8 Å². The standard InChI is InChI=1S/C23H21BrN4O3/c1-15-5-3-6-16(2)23(15)31-14-22(30)28-25-13-17-11-20(9-10-21(17)29)27-26-19-8-4-7-18(24)12-19/h3-13,29H,14H2,1-2H3,(H,28,30). The van der Waals surface area contributed by atoms with Crippen LogP contribution in [0.4, 0.5) is 11.4 Å². The summed E-state index contributed by atoms with van der Waals surface area (Å²) in [5, 5.41) is 22.2. The summed E-state index contributed by atoms with van der Waals surface area (Å²) in [6.07, 6.45) is 1.34. The Balaban J connectivity index is 1.60. The number of para-hydroxylation sites is 1. The fourth-order valence-corrected chi connectivity index (χ4v) is 3.12. The molecule has 2 N–H and O–H groups in total. The number of hydrazone groups is 1. The summed E-state index contributed by atoms with van der Waals surface area (Å²) < 4.78 is 6.49. The Kier molecular flexibility index (Phi) is 7.50. The third kappa shape index (κ3) is 6.48. The van der Waals surface area contributed by atoms with Crippen molar-refractivity contribution in [3.05, 3.63) is 81.8 Å². The zero-order valence-corrected chi connectivity index (χ0v) is 18.6. The Morgan fingerprint density at radius 2 is 1.71 bits per heavy atom. The number of aryl methyl sites for hydroxylation is 2. The fourth-order valence-electron chi connectivity index (χ4n) is 2.73. The van der Waals surface area contributed by atoms with Gasteiger partial charge in [-0.2, -0.15) is 15.3 Å². The van der Waals surface area contributed by atoms with Crippen LogP contribution in [-0.2, 0) is 4.79 Å². The summed E-state index contributed by atoms with van der Waals surface area (Å²) in [7, 11) is 0. The number of hydrogen-bond donors (Lipinski definition) is 2. The van der Waals surface area contributed by atoms with Gasteiger partial charge in [0.15, 0.2) is 6.61 Å². The molecular formula is C23H21BrN4O3. The van der Waals surface area contributed by atoms with Gasteiger partial charge in [-0.05, 0) is 61.4 Å². The molecule has 0 aliphatic heterocycles. The van der Waals surface area contributed by atoms with Gasteiger partial charge in [0, 0.05) is 10.0 Å². The van der Waals surface area contributed by atoms with Gasteiger partial charge < -0.3 is 9.84 Å². The van der Waals surface area contributed by atoms with Crippen molar-refractivity contribution in [2.75, 3.05) is 6.61 Å². The molecule has 0 saturated heterocycles. The first-order chi connectivity index (χ1) is 14.9. The highest BCUT2D eigenvalue weighted by atomic mass is 79.9. The van der Waals surface area contributed by atoms with Crippen molar-refractivity contribution >= 4 is 39.4 Å². The molecule has 0 saturated carbocycles. The highest BCUT2D eigenvalue weighted by Crippen LogP contribution is 2.25. The molecule has 0 radical (unpaired) electrons. The third-order valence-corrected chi connectivity index (χ3v) is 4.74. The van der Waals surface area contributed by atoms with Gasteiger partial charge in [-0.1, -0.05) is 40.2 Å². The number of azo groups is 1. The van der Waals surface area contributed by atoms with Gasteiger partial charge in [-0.15, -0.1) is 0 Å². The van der Waals surface area contributed by atoms with Gasteiger partial charge in [0.05, 0.1) is 17.6 Å². The molecule has 0 aliphatic carbocycles. The molecule has 7 nitrogen and oxygen atoms in total. The average Bonchev–Trinajstić information content (AvgIpc) is 2.74. The molecule has 1 amide bonds. The Morgan fingerprint density at radius 3 is 2.42 bits per heavy atom. The predicted molar refractivity (Wildman–Crippen MR) is 124 cm³/mol. The van der Waals surface area contributed by atoms with E-state index in [0.29, 0.717) is 22.7 Å². The molecule has 0 aromatic heterocycles. The van der Waals surface area contributed by atoms with E-state index in [2.05, 4.69) is 36.7 Å². The average molecular weight is 481 g/mol. The molecule has 0 unspecified atom stereocenters. The number of phenols is 1. The first-order valence-corrected chi connectivity index (χ1v) is 10.2. The lowest BCUT2D eigenvalue weighted by atomic mass is 10.1. The summed E-state index contributed by atoms with van der Waals surface area (Å²) in [5.41, 5.74) is 5.90. The molecule has 3 aromatic carbocycles. The van der Waals surface area contributed by atoms with E-state index in [-0.39, 0.29) is 12.4 Å². The van der Waals surface area contributed by atoms with Gasteiger partial charge in [0.2, 0.25) is 0 Å². The largest absolute Gasteiger partial charge is 0.507 e. The first-order valence-electron chi connectivity index (χ1n) is 9.43. The van der Waals surface area contributed by atoms with Gasteiger partial charge >= 0.3 is 0 Å². The number of aromatic hydroxyl groups is 1. The maximum Gasteiger partial charge on any atom is 0.277 e. The number of amides is 1. The monoisotopic (exact) mass is 480 g/mol. The number of carbonyl (C=O) groups excluding carboxylic acids is 1. The van der Waals surface area contributed by atoms with Gasteiger partial charge in [0.1, 0.15) is 11.5 Å². The van der Waals surface area contributed by atoms with E-state index in [1.54, 1.807) is 12.1 Å². The molecule has 0 bridgehead atoms. The Bertz CT molecular complexity index is 1130. The molecule has 8 heteroatoms. The zero-order chi connectivity index (χ0) is 22.2. The van der Waals surface area contributed by atoms with Crippen molar-refractivity contribution in [3.8, 4) is 11.5 Å². The highest BCUT2D eigenvalue weighted by molar-refractivity contribution is 9.10. The molecule has 0 atom stereocenters. The number of nitrogens with zero attached hydrogens (tertiary/aromatic N) is 3. The molecule has 158 valence electrons. The maximum atomic E-state index is 12.0. The highest BCUT2D eigenvalue weighted by Gasteiger charge is 2.07. The molecule has 3 aromatic rings. The zero-order valence-electron chi connectivity index (χ0n) is 17.0. The Hall–Kier alpha value is -3.52. The van der Waals surface area contributed by atoms with E-state index in [1.807, 2.05) is 56.3 Å². The SMILES string of the molecule is Cc1cccc(C)c1OCC(=O)NN=Cc1cc(N=Nc2cccc(Br)c2)ccc1O. The van der Waals surface area contributed by atoms with Crippen LogP contribution in [-0.4, -0.2) is 23.8 Å². The third-order valence-electron chi connectivity index (χ3n) is 4.25. The lowest BCUT2D eigenvalue weighted by molar-refractivity contribution is -0.123. The lowest BCUT2D eigenvalue weighted by Crippen LogP contribution is -2.25. The molecular weight excluding hydrogens is 460 g/mol. The number of carbonyl (C=O) groups is 1. The van der Waals surface area contributed by atoms with E-state index in [0.717, 1.165) is 15.6 Å². The summed E-state index contributed by atoms with van der Waals surface area (Å²) in [4.78, 5) is 12.0. The van der Waals surface area contributed by atoms with E-state index in [9.17, 15) is 9.90 Å². The second kappa shape index (κ2) is 10.5. The van der Waals surface area contributed by atoms with E-state index in [4.69, 9.17) is 4.74 Å². The summed E-state index contributed by atoms with van der Waals surface area (Å²) in [6, 6.07) is 17.9. The minimum Gasteiger partial charge on any atom is -0.507 e. The molecule has 0 spiro atoms. The van der Waals surface area contributed by atoms with E-state index < -0.39 is 5.91 Å². The Morgan fingerprint density at radius 1 is 1.03 bits per heavy atom.